The summed E-state index contributed by atoms with van der Waals surface area (Å²) in [5.74, 6) is 0. The van der Waals surface area contributed by atoms with Crippen LogP contribution in [0.25, 0.3) is 0 Å². The summed E-state index contributed by atoms with van der Waals surface area (Å²) in [4.78, 5) is 2.51. The van der Waals surface area contributed by atoms with Crippen molar-refractivity contribution in [3.05, 3.63) is 0 Å². The van der Waals surface area contributed by atoms with Gasteiger partial charge in [0.1, 0.15) is 0 Å². The van der Waals surface area contributed by atoms with Crippen LogP contribution in [0.5, 0.6) is 0 Å². The number of rotatable bonds is 2. The summed E-state index contributed by atoms with van der Waals surface area (Å²) in [6.07, 6.45) is 2.73. The van der Waals surface area contributed by atoms with Crippen LogP contribution in [0.1, 0.15) is 19.8 Å². The molecule has 1 saturated heterocycles. The molecule has 0 aromatic rings. The third kappa shape index (κ3) is 1.19. The zero-order valence-electron chi connectivity index (χ0n) is 7.05. The molecule has 0 radical (unpaired) electrons. The van der Waals surface area contributed by atoms with E-state index in [1.165, 1.54) is 32.5 Å². The summed E-state index contributed by atoms with van der Waals surface area (Å²) < 4.78 is 0. The molecule has 0 amide bonds. The highest BCUT2D eigenvalue weighted by atomic mass is 32.2. The van der Waals surface area contributed by atoms with E-state index < -0.39 is 0 Å². The molecule has 1 saturated carbocycles. The lowest BCUT2D eigenvalue weighted by molar-refractivity contribution is -0.0520. The zero-order valence-corrected chi connectivity index (χ0v) is 7.86. The van der Waals surface area contributed by atoms with Gasteiger partial charge in [-0.3, -0.25) is 5.14 Å². The molecule has 0 unspecified atom stereocenters. The topological polar surface area (TPSA) is 29.3 Å². The molecule has 1 heterocycles. The number of hydrogen-bond acceptors (Lipinski definition) is 3. The maximum absolute atomic E-state index is 5.50. The molecule has 0 atom stereocenters. The largest absolute Gasteiger partial charge is 0.302 e. The van der Waals surface area contributed by atoms with E-state index in [-0.39, 0.29) is 0 Å². The average molecular weight is 172 g/mol. The predicted octanol–water partition coefficient (Wildman–Crippen LogP) is 1.08. The molecule has 1 spiro atoms. The van der Waals surface area contributed by atoms with E-state index in [4.69, 9.17) is 5.14 Å². The summed E-state index contributed by atoms with van der Waals surface area (Å²) in [7, 11) is 0. The van der Waals surface area contributed by atoms with E-state index in [1.807, 2.05) is 0 Å². The van der Waals surface area contributed by atoms with Gasteiger partial charge < -0.3 is 4.90 Å². The smallest absolute Gasteiger partial charge is 0.0203 e. The molecule has 0 aromatic heterocycles. The average Bonchev–Trinajstić information content (AvgIpc) is 1.83. The van der Waals surface area contributed by atoms with Gasteiger partial charge in [-0.1, -0.05) is 18.9 Å². The Bertz CT molecular complexity index is 127. The maximum Gasteiger partial charge on any atom is 0.0203 e. The van der Waals surface area contributed by atoms with Crippen molar-refractivity contribution in [2.45, 2.75) is 25.0 Å². The lowest BCUT2D eigenvalue weighted by atomic mass is 9.63. The normalized spacial score (nSPS) is 30.0. The van der Waals surface area contributed by atoms with Crippen LogP contribution in [-0.2, 0) is 0 Å². The van der Waals surface area contributed by atoms with Crippen molar-refractivity contribution in [2.24, 2.45) is 10.6 Å². The van der Waals surface area contributed by atoms with Gasteiger partial charge in [-0.25, -0.2) is 0 Å². The Hall–Kier alpha value is 0.270. The third-order valence-corrected chi connectivity index (χ3v) is 3.80. The highest BCUT2D eigenvalue weighted by molar-refractivity contribution is 7.97. The van der Waals surface area contributed by atoms with Crippen molar-refractivity contribution < 1.29 is 0 Å². The van der Waals surface area contributed by atoms with E-state index in [9.17, 15) is 0 Å². The molecule has 11 heavy (non-hydrogen) atoms. The Labute approximate surface area is 72.6 Å². The van der Waals surface area contributed by atoms with E-state index >= 15 is 0 Å². The van der Waals surface area contributed by atoms with E-state index in [0.717, 1.165) is 5.25 Å². The first-order valence-corrected chi connectivity index (χ1v) is 5.30. The summed E-state index contributed by atoms with van der Waals surface area (Å²) in [6, 6.07) is 0. The van der Waals surface area contributed by atoms with Gasteiger partial charge >= 0.3 is 0 Å². The summed E-state index contributed by atoms with van der Waals surface area (Å²) >= 11 is 1.55. The molecule has 0 aromatic carbocycles. The maximum atomic E-state index is 5.50. The fourth-order valence-electron chi connectivity index (χ4n) is 2.39. The van der Waals surface area contributed by atoms with Gasteiger partial charge in [0.2, 0.25) is 0 Å². The van der Waals surface area contributed by atoms with Crippen LogP contribution in [0, 0.1) is 5.41 Å². The summed E-state index contributed by atoms with van der Waals surface area (Å²) in [6.45, 7) is 6.13. The minimum Gasteiger partial charge on any atom is -0.302 e. The fraction of sp³-hybridized carbons (Fsp3) is 1.00. The molecule has 2 fully saturated rings. The Balaban J connectivity index is 1.75. The van der Waals surface area contributed by atoms with Crippen molar-refractivity contribution in [1.29, 1.82) is 0 Å². The van der Waals surface area contributed by atoms with Crippen LogP contribution in [-0.4, -0.2) is 29.8 Å². The van der Waals surface area contributed by atoms with Crippen LogP contribution in [0.2, 0.25) is 0 Å². The Morgan fingerprint density at radius 3 is 2.64 bits per heavy atom. The first kappa shape index (κ1) is 7.90. The first-order valence-electron chi connectivity index (χ1n) is 4.36. The fourth-order valence-corrected chi connectivity index (χ4v) is 3.29. The van der Waals surface area contributed by atoms with Crippen LogP contribution in [0.3, 0.4) is 0 Å². The molecule has 3 heteroatoms. The molecule has 1 aliphatic carbocycles. The van der Waals surface area contributed by atoms with Crippen molar-refractivity contribution >= 4 is 11.9 Å². The number of likely N-dealkylation sites (tertiary alicyclic amines) is 1. The second-order valence-electron chi connectivity index (χ2n) is 3.97. The van der Waals surface area contributed by atoms with E-state index in [0.29, 0.717) is 5.41 Å². The first-order chi connectivity index (χ1) is 5.28. The summed E-state index contributed by atoms with van der Waals surface area (Å²) in [5, 5.41) is 6.28. The molecule has 2 N–H and O–H groups in total. The predicted molar refractivity (Wildman–Crippen MR) is 49.3 cm³/mol. The monoisotopic (exact) mass is 172 g/mol. The van der Waals surface area contributed by atoms with Gasteiger partial charge in [0.15, 0.2) is 0 Å². The van der Waals surface area contributed by atoms with E-state index in [1.54, 1.807) is 11.9 Å². The lowest BCUT2D eigenvalue weighted by Gasteiger charge is -2.58. The number of nitrogens with zero attached hydrogens (tertiary/aromatic N) is 1. The standard InChI is InChI=1S/C8H16N2S/c1-2-10-5-8(6-10)3-7(4-8)11-9/h7H,2-6,9H2,1H3. The van der Waals surface area contributed by atoms with Crippen molar-refractivity contribution in [3.8, 4) is 0 Å². The Kier molecular flexibility index (Phi) is 1.90. The highest BCUT2D eigenvalue weighted by Crippen LogP contribution is 2.51. The van der Waals surface area contributed by atoms with Crippen LogP contribution in [0.4, 0.5) is 0 Å². The molecule has 2 rings (SSSR count). The van der Waals surface area contributed by atoms with Gasteiger partial charge in [0.25, 0.3) is 0 Å². The lowest BCUT2D eigenvalue weighted by Crippen LogP contribution is -2.62. The molecule has 1 aliphatic heterocycles. The minimum atomic E-state index is 0.715. The quantitative estimate of drug-likeness (QED) is 0.632. The molecule has 2 nitrogen and oxygen atoms in total. The molecule has 64 valence electrons. The molecular formula is C8H16N2S. The van der Waals surface area contributed by atoms with Crippen molar-refractivity contribution in [2.75, 3.05) is 19.6 Å². The zero-order chi connectivity index (χ0) is 7.90. The minimum absolute atomic E-state index is 0.715. The van der Waals surface area contributed by atoms with Crippen molar-refractivity contribution in [1.82, 2.24) is 4.90 Å². The SMILES string of the molecule is CCN1CC2(CC(SN)C2)C1. The van der Waals surface area contributed by atoms with Crippen LogP contribution in [0.15, 0.2) is 0 Å². The second kappa shape index (κ2) is 2.64. The van der Waals surface area contributed by atoms with Gasteiger partial charge in [-0.05, 0) is 24.8 Å². The number of nitrogens with two attached hydrogens (primary N) is 1. The molecule has 0 bridgehead atoms. The third-order valence-electron chi connectivity index (χ3n) is 3.08. The molecular weight excluding hydrogens is 156 g/mol. The van der Waals surface area contributed by atoms with Gasteiger partial charge in [0.05, 0.1) is 0 Å². The molecule has 2 aliphatic rings. The van der Waals surface area contributed by atoms with Crippen molar-refractivity contribution in [3.63, 3.8) is 0 Å². The Morgan fingerprint density at radius 1 is 1.55 bits per heavy atom. The Morgan fingerprint density at radius 2 is 2.18 bits per heavy atom. The second-order valence-corrected chi connectivity index (χ2v) is 4.91. The van der Waals surface area contributed by atoms with Gasteiger partial charge in [-0.15, -0.1) is 0 Å². The highest BCUT2D eigenvalue weighted by Gasteiger charge is 2.51. The van der Waals surface area contributed by atoms with Gasteiger partial charge in [0, 0.05) is 18.3 Å². The number of hydrogen-bond donors (Lipinski definition) is 1. The van der Waals surface area contributed by atoms with Crippen LogP contribution >= 0.6 is 11.9 Å². The van der Waals surface area contributed by atoms with Gasteiger partial charge in [-0.2, -0.15) is 0 Å². The summed E-state index contributed by atoms with van der Waals surface area (Å²) in [5.41, 5.74) is 0.715. The van der Waals surface area contributed by atoms with E-state index in [2.05, 4.69) is 11.8 Å². The van der Waals surface area contributed by atoms with Crippen LogP contribution < -0.4 is 5.14 Å².